The first-order valence-corrected chi connectivity index (χ1v) is 9.85. The van der Waals surface area contributed by atoms with Crippen LogP contribution in [-0.4, -0.2) is 26.8 Å². The van der Waals surface area contributed by atoms with Gasteiger partial charge in [-0.25, -0.2) is 4.79 Å². The van der Waals surface area contributed by atoms with E-state index in [1.165, 1.54) is 0 Å². The molecule has 156 valence electrons. The average molecular weight is 416 g/mol. The van der Waals surface area contributed by atoms with Crippen LogP contribution >= 0.6 is 0 Å². The lowest BCUT2D eigenvalue weighted by molar-refractivity contribution is 0.393. The highest BCUT2D eigenvalue weighted by Crippen LogP contribution is 2.39. The van der Waals surface area contributed by atoms with Crippen molar-refractivity contribution in [2.75, 3.05) is 7.11 Å². The van der Waals surface area contributed by atoms with Gasteiger partial charge in [0.05, 0.1) is 41.8 Å². The van der Waals surface area contributed by atoms with E-state index in [4.69, 9.17) is 13.7 Å². The number of pyridine rings is 2. The molecular formula is C23H20N4O4. The van der Waals surface area contributed by atoms with Crippen LogP contribution in [0, 0.1) is 13.8 Å². The second-order valence-electron chi connectivity index (χ2n) is 7.41. The predicted octanol–water partition coefficient (Wildman–Crippen LogP) is 4.43. The molecule has 1 aromatic carbocycles. The summed E-state index contributed by atoms with van der Waals surface area (Å²) in [6, 6.07) is 9.09. The van der Waals surface area contributed by atoms with E-state index in [-0.39, 0.29) is 6.04 Å². The van der Waals surface area contributed by atoms with Gasteiger partial charge in [-0.2, -0.15) is 0 Å². The molecule has 4 aromatic heterocycles. The third-order valence-corrected chi connectivity index (χ3v) is 5.57. The highest BCUT2D eigenvalue weighted by atomic mass is 16.5. The summed E-state index contributed by atoms with van der Waals surface area (Å²) in [5.74, 6) is 0.860. The molecule has 0 bridgehead atoms. The van der Waals surface area contributed by atoms with Gasteiger partial charge < -0.3 is 13.7 Å². The van der Waals surface area contributed by atoms with Gasteiger partial charge in [-0.1, -0.05) is 11.2 Å². The molecule has 5 rings (SSSR count). The molecular weight excluding hydrogens is 396 g/mol. The molecule has 0 N–H and O–H groups in total. The zero-order chi connectivity index (χ0) is 21.7. The number of aromatic nitrogens is 4. The van der Waals surface area contributed by atoms with Crippen LogP contribution in [-0.2, 0) is 0 Å². The van der Waals surface area contributed by atoms with Gasteiger partial charge in [0.1, 0.15) is 17.0 Å². The molecule has 0 saturated carbocycles. The number of ether oxygens (including phenoxy) is 1. The Morgan fingerprint density at radius 1 is 1.16 bits per heavy atom. The first-order valence-electron chi connectivity index (χ1n) is 9.85. The SMILES string of the molecule is COc1cc2c(cc1-c1c(C)noc1C)ncc1oc(=O)n(C(C)c3ccccn3)c12. The molecule has 0 aliphatic carbocycles. The zero-order valence-corrected chi connectivity index (χ0v) is 17.5. The predicted molar refractivity (Wildman–Crippen MR) is 115 cm³/mol. The highest BCUT2D eigenvalue weighted by Gasteiger charge is 2.23. The monoisotopic (exact) mass is 416 g/mol. The molecule has 31 heavy (non-hydrogen) atoms. The van der Waals surface area contributed by atoms with Gasteiger partial charge in [-0.05, 0) is 45.0 Å². The molecule has 0 saturated heterocycles. The van der Waals surface area contributed by atoms with Crippen molar-refractivity contribution in [3.05, 3.63) is 70.4 Å². The van der Waals surface area contributed by atoms with Crippen molar-refractivity contribution in [3.63, 3.8) is 0 Å². The van der Waals surface area contributed by atoms with Crippen molar-refractivity contribution in [3.8, 4) is 16.9 Å². The van der Waals surface area contributed by atoms with E-state index in [0.717, 1.165) is 27.9 Å². The quantitative estimate of drug-likeness (QED) is 0.428. The van der Waals surface area contributed by atoms with E-state index in [1.54, 1.807) is 24.1 Å². The van der Waals surface area contributed by atoms with Crippen LogP contribution in [0.3, 0.4) is 0 Å². The summed E-state index contributed by atoms with van der Waals surface area (Å²) < 4.78 is 18.2. The Morgan fingerprint density at radius 2 is 2.00 bits per heavy atom. The van der Waals surface area contributed by atoms with Crippen LogP contribution < -0.4 is 10.5 Å². The fourth-order valence-corrected chi connectivity index (χ4v) is 4.08. The van der Waals surface area contributed by atoms with Crippen molar-refractivity contribution in [1.29, 1.82) is 0 Å². The molecule has 0 aliphatic rings. The van der Waals surface area contributed by atoms with Gasteiger partial charge in [-0.3, -0.25) is 14.5 Å². The third-order valence-electron chi connectivity index (χ3n) is 5.57. The van der Waals surface area contributed by atoms with Crippen LogP contribution in [0.15, 0.2) is 56.5 Å². The summed E-state index contributed by atoms with van der Waals surface area (Å²) >= 11 is 0. The van der Waals surface area contributed by atoms with Crippen molar-refractivity contribution >= 4 is 22.0 Å². The molecule has 1 unspecified atom stereocenters. The number of hydrogen-bond donors (Lipinski definition) is 0. The van der Waals surface area contributed by atoms with Gasteiger partial charge in [0, 0.05) is 17.1 Å². The normalized spacial score (nSPS) is 12.5. The second-order valence-corrected chi connectivity index (χ2v) is 7.41. The number of nitrogens with zero attached hydrogens (tertiary/aromatic N) is 4. The van der Waals surface area contributed by atoms with Crippen molar-refractivity contribution in [2.45, 2.75) is 26.8 Å². The van der Waals surface area contributed by atoms with E-state index >= 15 is 0 Å². The Kier molecular flexibility index (Phi) is 4.35. The standard InChI is InChI=1S/C23H20N4O4/c1-12-21(14(3)31-26-12)16-9-18-15(10-19(16)29-4)22-20(11-25-18)30-23(28)27(22)13(2)17-7-5-6-8-24-17/h5-11,13H,1-4H3. The van der Waals surface area contributed by atoms with Crippen LogP contribution in [0.4, 0.5) is 0 Å². The van der Waals surface area contributed by atoms with Gasteiger partial charge in [0.25, 0.3) is 0 Å². The van der Waals surface area contributed by atoms with Crippen molar-refractivity contribution < 1.29 is 13.7 Å². The van der Waals surface area contributed by atoms with Gasteiger partial charge in [-0.15, -0.1) is 0 Å². The number of fused-ring (bicyclic) bond motifs is 3. The number of aryl methyl sites for hydroxylation is 2. The number of hydrogen-bond acceptors (Lipinski definition) is 7. The maximum Gasteiger partial charge on any atom is 0.420 e. The molecule has 5 aromatic rings. The van der Waals surface area contributed by atoms with E-state index in [9.17, 15) is 4.79 Å². The summed E-state index contributed by atoms with van der Waals surface area (Å²) in [5, 5.41) is 4.80. The number of methoxy groups -OCH3 is 1. The van der Waals surface area contributed by atoms with E-state index < -0.39 is 5.76 Å². The molecule has 0 radical (unpaired) electrons. The minimum atomic E-state index is -0.462. The molecule has 0 aliphatic heterocycles. The van der Waals surface area contributed by atoms with Crippen LogP contribution in [0.2, 0.25) is 0 Å². The summed E-state index contributed by atoms with van der Waals surface area (Å²) in [6.45, 7) is 5.66. The van der Waals surface area contributed by atoms with E-state index in [2.05, 4.69) is 15.1 Å². The van der Waals surface area contributed by atoms with E-state index in [0.29, 0.717) is 28.1 Å². The average Bonchev–Trinajstić information content (AvgIpc) is 3.30. The maximum atomic E-state index is 12.8. The molecule has 8 heteroatoms. The first kappa shape index (κ1) is 19.0. The zero-order valence-electron chi connectivity index (χ0n) is 17.5. The lowest BCUT2D eigenvalue weighted by Gasteiger charge is -2.14. The largest absolute Gasteiger partial charge is 0.496 e. The van der Waals surface area contributed by atoms with Crippen LogP contribution in [0.25, 0.3) is 33.1 Å². The summed E-state index contributed by atoms with van der Waals surface area (Å²) in [6.07, 6.45) is 3.28. The molecule has 4 heterocycles. The molecule has 0 spiro atoms. The Hall–Kier alpha value is -3.94. The number of oxazole rings is 1. The fraction of sp³-hybridized carbons (Fsp3) is 0.217. The van der Waals surface area contributed by atoms with Gasteiger partial charge in [0.2, 0.25) is 0 Å². The van der Waals surface area contributed by atoms with Crippen molar-refractivity contribution in [1.82, 2.24) is 19.7 Å². The summed E-state index contributed by atoms with van der Waals surface area (Å²) in [4.78, 5) is 21.7. The Labute approximate surface area is 177 Å². The van der Waals surface area contributed by atoms with E-state index in [1.807, 2.05) is 51.1 Å². The first-order chi connectivity index (χ1) is 15.0. The Bertz CT molecular complexity index is 1460. The summed E-state index contributed by atoms with van der Waals surface area (Å²) in [5.41, 5.74) is 4.98. The lowest BCUT2D eigenvalue weighted by Crippen LogP contribution is -2.20. The smallest absolute Gasteiger partial charge is 0.420 e. The minimum Gasteiger partial charge on any atom is -0.496 e. The van der Waals surface area contributed by atoms with Crippen LogP contribution in [0.1, 0.15) is 30.1 Å². The Balaban J connectivity index is 1.82. The number of benzene rings is 1. The second kappa shape index (κ2) is 7.09. The maximum absolute atomic E-state index is 12.8. The molecule has 8 nitrogen and oxygen atoms in total. The molecule has 0 amide bonds. The number of rotatable bonds is 4. The summed E-state index contributed by atoms with van der Waals surface area (Å²) in [7, 11) is 1.61. The topological polar surface area (TPSA) is 96.2 Å². The van der Waals surface area contributed by atoms with Gasteiger partial charge in [0.15, 0.2) is 5.58 Å². The molecule has 1 atom stereocenters. The highest BCUT2D eigenvalue weighted by molar-refractivity contribution is 6.04. The fourth-order valence-electron chi connectivity index (χ4n) is 4.08. The molecule has 0 fully saturated rings. The van der Waals surface area contributed by atoms with Gasteiger partial charge >= 0.3 is 5.76 Å². The third kappa shape index (κ3) is 2.91. The minimum absolute atomic E-state index is 0.325. The lowest BCUT2D eigenvalue weighted by atomic mass is 10.0. The van der Waals surface area contributed by atoms with Crippen molar-refractivity contribution in [2.24, 2.45) is 0 Å². The Morgan fingerprint density at radius 3 is 2.68 bits per heavy atom. The van der Waals surface area contributed by atoms with Crippen LogP contribution in [0.5, 0.6) is 5.75 Å².